The third-order valence-corrected chi connectivity index (χ3v) is 6.45. The number of rotatable bonds is 10. The zero-order valence-electron chi connectivity index (χ0n) is 16.6. The molecule has 0 aliphatic carbocycles. The van der Waals surface area contributed by atoms with Crippen LogP contribution in [0.3, 0.4) is 0 Å². The van der Waals surface area contributed by atoms with E-state index in [1.54, 1.807) is 23.9 Å². The third-order valence-electron chi connectivity index (χ3n) is 4.28. The number of carbonyl (C=O) groups excluding carboxylic acids is 1. The average molecular weight is 421 g/mol. The molecule has 0 unspecified atom stereocenters. The first kappa shape index (κ1) is 22.3. The number of carbonyl (C=O) groups is 1. The van der Waals surface area contributed by atoms with Crippen molar-refractivity contribution >= 4 is 33.4 Å². The molecule has 0 saturated carbocycles. The molecule has 0 spiro atoms. The third kappa shape index (κ3) is 7.20. The van der Waals surface area contributed by atoms with Gasteiger partial charge in [-0.1, -0.05) is 48.9 Å². The second-order valence-electron chi connectivity index (χ2n) is 6.68. The van der Waals surface area contributed by atoms with Crippen molar-refractivity contribution in [1.29, 1.82) is 0 Å². The lowest BCUT2D eigenvalue weighted by atomic mass is 10.1. The van der Waals surface area contributed by atoms with Crippen LogP contribution in [0.2, 0.25) is 0 Å². The highest BCUT2D eigenvalue weighted by Gasteiger charge is 2.20. The van der Waals surface area contributed by atoms with Crippen LogP contribution in [0.15, 0.2) is 48.5 Å². The van der Waals surface area contributed by atoms with Crippen molar-refractivity contribution in [2.24, 2.45) is 0 Å². The minimum Gasteiger partial charge on any atom is -0.354 e. The van der Waals surface area contributed by atoms with E-state index in [0.717, 1.165) is 34.1 Å². The maximum atomic E-state index is 12.2. The largest absolute Gasteiger partial charge is 0.354 e. The first-order valence-corrected chi connectivity index (χ1v) is 12.3. The molecule has 2 aromatic carbocycles. The maximum Gasteiger partial charge on any atom is 0.240 e. The number of benzene rings is 2. The van der Waals surface area contributed by atoms with Crippen molar-refractivity contribution in [3.05, 3.63) is 65.2 Å². The SMILES string of the molecule is CCc1ccc(N(CC(=O)NCCSCc2ccc(C)cc2)S(C)(=O)=O)cc1. The summed E-state index contributed by atoms with van der Waals surface area (Å²) in [6.45, 7) is 4.38. The van der Waals surface area contributed by atoms with Gasteiger partial charge in [0.2, 0.25) is 15.9 Å². The van der Waals surface area contributed by atoms with Gasteiger partial charge in [-0.15, -0.1) is 0 Å². The van der Waals surface area contributed by atoms with Crippen LogP contribution in [-0.4, -0.2) is 39.4 Å². The number of hydrogen-bond donors (Lipinski definition) is 1. The van der Waals surface area contributed by atoms with Gasteiger partial charge in [0.05, 0.1) is 11.9 Å². The molecule has 0 atom stereocenters. The standard InChI is InChI=1S/C21H28N2O3S2/c1-4-18-9-11-20(12-10-18)23(28(3,25)26)15-21(24)22-13-14-27-16-19-7-5-17(2)6-8-19/h5-12H,4,13-16H2,1-3H3,(H,22,24). The molecule has 0 aliphatic heterocycles. The van der Waals surface area contributed by atoms with E-state index in [4.69, 9.17) is 0 Å². The fourth-order valence-corrected chi connectivity index (χ4v) is 4.30. The van der Waals surface area contributed by atoms with Crippen molar-refractivity contribution < 1.29 is 13.2 Å². The monoisotopic (exact) mass is 420 g/mol. The molecule has 7 heteroatoms. The lowest BCUT2D eigenvalue weighted by Gasteiger charge is -2.22. The van der Waals surface area contributed by atoms with E-state index in [-0.39, 0.29) is 12.5 Å². The number of amides is 1. The zero-order chi connectivity index (χ0) is 20.6. The molecule has 0 fully saturated rings. The molecular weight excluding hydrogens is 392 g/mol. The average Bonchev–Trinajstić information content (AvgIpc) is 2.66. The molecule has 1 N–H and O–H groups in total. The summed E-state index contributed by atoms with van der Waals surface area (Å²) in [4.78, 5) is 12.2. The molecule has 28 heavy (non-hydrogen) atoms. The number of nitrogens with one attached hydrogen (secondary N) is 1. The molecule has 0 saturated heterocycles. The van der Waals surface area contributed by atoms with Gasteiger partial charge in [-0.05, 0) is 36.6 Å². The highest BCUT2D eigenvalue weighted by atomic mass is 32.2. The van der Waals surface area contributed by atoms with E-state index < -0.39 is 10.0 Å². The van der Waals surface area contributed by atoms with Crippen LogP contribution >= 0.6 is 11.8 Å². The Bertz CT molecular complexity index is 864. The highest BCUT2D eigenvalue weighted by Crippen LogP contribution is 2.18. The minimum absolute atomic E-state index is 0.215. The van der Waals surface area contributed by atoms with Crippen LogP contribution in [0.5, 0.6) is 0 Å². The lowest BCUT2D eigenvalue weighted by Crippen LogP contribution is -2.41. The predicted octanol–water partition coefficient (Wildman–Crippen LogP) is 3.37. The minimum atomic E-state index is -3.54. The smallest absolute Gasteiger partial charge is 0.240 e. The van der Waals surface area contributed by atoms with Crippen LogP contribution in [0.4, 0.5) is 5.69 Å². The summed E-state index contributed by atoms with van der Waals surface area (Å²) in [5.74, 6) is 1.35. The molecule has 0 aromatic heterocycles. The van der Waals surface area contributed by atoms with Gasteiger partial charge in [-0.3, -0.25) is 9.10 Å². The van der Waals surface area contributed by atoms with E-state index >= 15 is 0 Å². The summed E-state index contributed by atoms with van der Waals surface area (Å²) in [7, 11) is -3.54. The number of hydrogen-bond acceptors (Lipinski definition) is 4. The Kier molecular flexibility index (Phi) is 8.38. The fraction of sp³-hybridized carbons (Fsp3) is 0.381. The molecule has 0 aliphatic rings. The predicted molar refractivity (Wildman–Crippen MR) is 118 cm³/mol. The van der Waals surface area contributed by atoms with Crippen LogP contribution < -0.4 is 9.62 Å². The maximum absolute atomic E-state index is 12.2. The van der Waals surface area contributed by atoms with Gasteiger partial charge in [0.25, 0.3) is 0 Å². The van der Waals surface area contributed by atoms with E-state index in [1.807, 2.05) is 19.1 Å². The van der Waals surface area contributed by atoms with Gasteiger partial charge in [0.1, 0.15) is 6.54 Å². The van der Waals surface area contributed by atoms with Crippen molar-refractivity contribution in [3.63, 3.8) is 0 Å². The molecule has 5 nitrogen and oxygen atoms in total. The Morgan fingerprint density at radius 1 is 1.04 bits per heavy atom. The van der Waals surface area contributed by atoms with Crippen LogP contribution in [0.25, 0.3) is 0 Å². The number of aryl methyl sites for hydroxylation is 2. The van der Waals surface area contributed by atoms with Crippen molar-refractivity contribution in [3.8, 4) is 0 Å². The Morgan fingerprint density at radius 2 is 1.64 bits per heavy atom. The number of nitrogens with zero attached hydrogens (tertiary/aromatic N) is 1. The summed E-state index contributed by atoms with van der Waals surface area (Å²) in [6, 6.07) is 15.6. The van der Waals surface area contributed by atoms with Crippen LogP contribution in [-0.2, 0) is 27.0 Å². The lowest BCUT2D eigenvalue weighted by molar-refractivity contribution is -0.119. The quantitative estimate of drug-likeness (QED) is 0.599. The molecule has 0 bridgehead atoms. The second kappa shape index (κ2) is 10.5. The summed E-state index contributed by atoms with van der Waals surface area (Å²) < 4.78 is 25.4. The Labute approximate surface area is 172 Å². The summed E-state index contributed by atoms with van der Waals surface area (Å²) in [5.41, 5.74) is 4.11. The van der Waals surface area contributed by atoms with Crippen LogP contribution in [0.1, 0.15) is 23.6 Å². The Balaban J connectivity index is 1.82. The summed E-state index contributed by atoms with van der Waals surface area (Å²) in [6.07, 6.45) is 1.99. The second-order valence-corrected chi connectivity index (χ2v) is 9.69. The summed E-state index contributed by atoms with van der Waals surface area (Å²) >= 11 is 1.73. The van der Waals surface area contributed by atoms with E-state index in [1.165, 1.54) is 11.1 Å². The first-order valence-electron chi connectivity index (χ1n) is 9.26. The van der Waals surface area contributed by atoms with Gasteiger partial charge in [0, 0.05) is 18.1 Å². The number of sulfonamides is 1. The highest BCUT2D eigenvalue weighted by molar-refractivity contribution is 7.98. The fourth-order valence-electron chi connectivity index (χ4n) is 2.62. The topological polar surface area (TPSA) is 66.5 Å². The van der Waals surface area contributed by atoms with Gasteiger partial charge in [0.15, 0.2) is 0 Å². The van der Waals surface area contributed by atoms with Crippen LogP contribution in [0, 0.1) is 6.92 Å². The van der Waals surface area contributed by atoms with Gasteiger partial charge in [-0.2, -0.15) is 11.8 Å². The first-order chi connectivity index (χ1) is 13.3. The summed E-state index contributed by atoms with van der Waals surface area (Å²) in [5, 5.41) is 2.81. The number of thioether (sulfide) groups is 1. The molecule has 152 valence electrons. The van der Waals surface area contributed by atoms with E-state index in [0.29, 0.717) is 12.2 Å². The molecular formula is C21H28N2O3S2. The normalized spacial score (nSPS) is 11.2. The Hall–Kier alpha value is -1.99. The molecule has 0 heterocycles. The van der Waals surface area contributed by atoms with Crippen molar-refractivity contribution in [2.75, 3.05) is 29.4 Å². The zero-order valence-corrected chi connectivity index (χ0v) is 18.3. The van der Waals surface area contributed by atoms with Crippen molar-refractivity contribution in [1.82, 2.24) is 5.32 Å². The van der Waals surface area contributed by atoms with Gasteiger partial charge in [-0.25, -0.2) is 8.42 Å². The number of anilines is 1. The molecule has 1 amide bonds. The van der Waals surface area contributed by atoms with Crippen molar-refractivity contribution in [2.45, 2.75) is 26.0 Å². The molecule has 2 rings (SSSR count). The van der Waals surface area contributed by atoms with E-state index in [9.17, 15) is 13.2 Å². The molecule has 0 radical (unpaired) electrons. The van der Waals surface area contributed by atoms with E-state index in [2.05, 4.69) is 36.5 Å². The molecule has 2 aromatic rings. The Morgan fingerprint density at radius 3 is 2.21 bits per heavy atom. The van der Waals surface area contributed by atoms with Gasteiger partial charge >= 0.3 is 0 Å². The van der Waals surface area contributed by atoms with Gasteiger partial charge < -0.3 is 5.32 Å².